The molecule has 1 aliphatic rings. The molecule has 1 fully saturated rings. The molecule has 23 heavy (non-hydrogen) atoms. The zero-order chi connectivity index (χ0) is 16.2. The molecule has 2 aromatic rings. The number of nitrogens with zero attached hydrogens (tertiary/aromatic N) is 2. The van der Waals surface area contributed by atoms with Gasteiger partial charge >= 0.3 is 0 Å². The Kier molecular flexibility index (Phi) is 4.93. The van der Waals surface area contributed by atoms with Crippen molar-refractivity contribution in [1.29, 1.82) is 0 Å². The number of piperidine rings is 1. The number of primary amides is 1. The van der Waals surface area contributed by atoms with Gasteiger partial charge in [-0.1, -0.05) is 30.3 Å². The highest BCUT2D eigenvalue weighted by Gasteiger charge is 2.25. The van der Waals surface area contributed by atoms with Crippen molar-refractivity contribution in [1.82, 2.24) is 9.13 Å². The normalized spacial score (nSPS) is 21.2. The van der Waals surface area contributed by atoms with E-state index in [0.717, 1.165) is 43.9 Å². The number of hydrogen-bond donors (Lipinski definition) is 2. The van der Waals surface area contributed by atoms with Crippen LogP contribution in [0.2, 0.25) is 0 Å². The van der Waals surface area contributed by atoms with Gasteiger partial charge in [0.15, 0.2) is 11.4 Å². The first-order valence-corrected chi connectivity index (χ1v) is 8.46. The molecule has 122 valence electrons. The minimum atomic E-state index is -0.158. The van der Waals surface area contributed by atoms with Gasteiger partial charge in [0.2, 0.25) is 5.91 Å². The van der Waals surface area contributed by atoms with E-state index in [-0.39, 0.29) is 11.8 Å². The summed E-state index contributed by atoms with van der Waals surface area (Å²) in [5.74, 6) is -0.107. The summed E-state index contributed by atoms with van der Waals surface area (Å²) in [6.07, 6.45) is 5.86. The number of rotatable bonds is 5. The van der Waals surface area contributed by atoms with Crippen LogP contribution in [-0.2, 0) is 18.0 Å². The van der Waals surface area contributed by atoms with Gasteiger partial charge < -0.3 is 15.2 Å². The third-order valence-corrected chi connectivity index (χ3v) is 5.07. The van der Waals surface area contributed by atoms with E-state index in [1.165, 1.54) is 10.5 Å². The van der Waals surface area contributed by atoms with Crippen molar-refractivity contribution in [2.24, 2.45) is 11.7 Å². The average molecular weight is 331 g/mol. The molecule has 1 saturated heterocycles. The number of hydrogen-bond acceptors (Lipinski definition) is 2. The molecule has 6 heteroatoms. The summed E-state index contributed by atoms with van der Waals surface area (Å²) in [4.78, 5) is 12.7. The number of carbonyl (C=O) groups excluding carboxylic acids is 1. The highest BCUT2D eigenvalue weighted by molar-refractivity contribution is 7.71. The summed E-state index contributed by atoms with van der Waals surface area (Å²) in [5.41, 5.74) is 6.64. The second-order valence-electron chi connectivity index (χ2n) is 6.25. The number of imidazole rings is 1. The van der Waals surface area contributed by atoms with E-state index in [0.29, 0.717) is 0 Å². The summed E-state index contributed by atoms with van der Waals surface area (Å²) in [6.45, 7) is 3.59. The van der Waals surface area contributed by atoms with E-state index in [2.05, 4.69) is 27.5 Å². The molecule has 0 bridgehead atoms. The summed E-state index contributed by atoms with van der Waals surface area (Å²) in [6, 6.07) is 10.3. The number of likely N-dealkylation sites (tertiary alicyclic amines) is 1. The maximum absolute atomic E-state index is 11.2. The Morgan fingerprint density at radius 3 is 2.48 bits per heavy atom. The third-order valence-electron chi connectivity index (χ3n) is 4.60. The molecule has 0 radical (unpaired) electrons. The van der Waals surface area contributed by atoms with Crippen LogP contribution in [0.15, 0.2) is 42.7 Å². The first-order chi connectivity index (χ1) is 11.1. The Morgan fingerprint density at radius 1 is 1.17 bits per heavy atom. The van der Waals surface area contributed by atoms with Crippen LogP contribution >= 0.6 is 12.2 Å². The van der Waals surface area contributed by atoms with Crippen LogP contribution in [0.25, 0.3) is 0 Å². The van der Waals surface area contributed by atoms with E-state index < -0.39 is 0 Å². The molecule has 1 aromatic carbocycles. The molecule has 0 unspecified atom stereocenters. The predicted molar refractivity (Wildman–Crippen MR) is 91.4 cm³/mol. The molecular formula is C17H23N4OS+. The lowest BCUT2D eigenvalue weighted by molar-refractivity contribution is -0.928. The molecule has 0 aliphatic carbocycles. The van der Waals surface area contributed by atoms with Gasteiger partial charge in [0, 0.05) is 37.7 Å². The number of amides is 1. The van der Waals surface area contributed by atoms with Crippen molar-refractivity contribution in [3.63, 3.8) is 0 Å². The van der Waals surface area contributed by atoms with Crippen molar-refractivity contribution in [3.05, 3.63) is 53.1 Å². The predicted octanol–water partition coefficient (Wildman–Crippen LogP) is 0.805. The van der Waals surface area contributed by atoms with Crippen molar-refractivity contribution < 1.29 is 9.69 Å². The maximum atomic E-state index is 11.2. The minimum absolute atomic E-state index is 0.0504. The number of carbonyl (C=O) groups is 1. The lowest BCUT2D eigenvalue weighted by Gasteiger charge is -2.27. The van der Waals surface area contributed by atoms with Crippen LogP contribution in [0.5, 0.6) is 0 Å². The van der Waals surface area contributed by atoms with Crippen molar-refractivity contribution >= 4 is 18.1 Å². The summed E-state index contributed by atoms with van der Waals surface area (Å²) in [7, 11) is 0. The fourth-order valence-corrected chi connectivity index (χ4v) is 3.43. The maximum Gasteiger partial charge on any atom is 0.220 e. The Labute approximate surface area is 141 Å². The highest BCUT2D eigenvalue weighted by atomic mass is 32.1. The first-order valence-electron chi connectivity index (χ1n) is 8.06. The SMILES string of the molecule is NC(=O)C1CC[NH+](Cn2ccn(Cc3ccccc3)c2=S)CC1. The molecule has 1 amide bonds. The van der Waals surface area contributed by atoms with E-state index in [1.807, 2.05) is 24.4 Å². The van der Waals surface area contributed by atoms with Crippen LogP contribution in [0, 0.1) is 10.7 Å². The van der Waals surface area contributed by atoms with Gasteiger partial charge in [0.05, 0.1) is 13.1 Å². The third kappa shape index (κ3) is 3.89. The zero-order valence-electron chi connectivity index (χ0n) is 13.1. The van der Waals surface area contributed by atoms with Gasteiger partial charge in [-0.3, -0.25) is 9.36 Å². The fourth-order valence-electron chi connectivity index (χ4n) is 3.18. The van der Waals surface area contributed by atoms with Crippen molar-refractivity contribution in [2.45, 2.75) is 26.1 Å². The number of benzene rings is 1. The zero-order valence-corrected chi connectivity index (χ0v) is 14.0. The number of nitrogens with one attached hydrogen (secondary N) is 1. The summed E-state index contributed by atoms with van der Waals surface area (Å²) >= 11 is 5.60. The monoisotopic (exact) mass is 331 g/mol. The number of nitrogens with two attached hydrogens (primary N) is 1. The van der Waals surface area contributed by atoms with Gasteiger partial charge in [-0.15, -0.1) is 0 Å². The molecule has 1 aromatic heterocycles. The van der Waals surface area contributed by atoms with E-state index in [9.17, 15) is 4.79 Å². The Bertz CT molecular complexity index is 714. The molecule has 3 N–H and O–H groups in total. The highest BCUT2D eigenvalue weighted by Crippen LogP contribution is 2.08. The fraction of sp³-hybridized carbons (Fsp3) is 0.412. The van der Waals surface area contributed by atoms with Crippen molar-refractivity contribution in [3.8, 4) is 0 Å². The number of quaternary nitrogens is 1. The van der Waals surface area contributed by atoms with Crippen LogP contribution in [0.3, 0.4) is 0 Å². The van der Waals surface area contributed by atoms with Gasteiger partial charge in [-0.2, -0.15) is 0 Å². The largest absolute Gasteiger partial charge is 0.369 e. The van der Waals surface area contributed by atoms with Crippen LogP contribution in [-0.4, -0.2) is 28.1 Å². The molecule has 2 heterocycles. The van der Waals surface area contributed by atoms with E-state index in [1.54, 1.807) is 0 Å². The second-order valence-corrected chi connectivity index (χ2v) is 6.61. The van der Waals surface area contributed by atoms with Crippen LogP contribution in [0.4, 0.5) is 0 Å². The van der Waals surface area contributed by atoms with Gasteiger partial charge in [0.25, 0.3) is 0 Å². The molecular weight excluding hydrogens is 308 g/mol. The summed E-state index contributed by atoms with van der Waals surface area (Å²) in [5, 5.41) is 0. The lowest BCUT2D eigenvalue weighted by atomic mass is 9.97. The van der Waals surface area contributed by atoms with Crippen molar-refractivity contribution in [2.75, 3.05) is 13.1 Å². The Hall–Kier alpha value is -1.92. The first kappa shape index (κ1) is 16.0. The topological polar surface area (TPSA) is 57.4 Å². The number of aromatic nitrogens is 2. The minimum Gasteiger partial charge on any atom is -0.369 e. The standard InChI is InChI=1S/C17H22N4OS/c18-16(22)15-6-8-19(9-7-15)13-21-11-10-20(17(21)23)12-14-4-2-1-3-5-14/h1-5,10-11,15H,6-9,12-13H2,(H2,18,22)/p+1. The van der Waals surface area contributed by atoms with Crippen LogP contribution in [0.1, 0.15) is 18.4 Å². The summed E-state index contributed by atoms with van der Waals surface area (Å²) < 4.78 is 5.07. The molecule has 0 atom stereocenters. The molecule has 3 rings (SSSR count). The Balaban J connectivity index is 1.62. The van der Waals surface area contributed by atoms with E-state index >= 15 is 0 Å². The average Bonchev–Trinajstić information content (AvgIpc) is 2.90. The van der Waals surface area contributed by atoms with Gasteiger partial charge in [0.1, 0.15) is 0 Å². The molecule has 0 spiro atoms. The molecule has 1 aliphatic heterocycles. The molecule has 0 saturated carbocycles. The lowest BCUT2D eigenvalue weighted by Crippen LogP contribution is -3.12. The smallest absolute Gasteiger partial charge is 0.220 e. The van der Waals surface area contributed by atoms with Gasteiger partial charge in [-0.05, 0) is 17.8 Å². The second kappa shape index (κ2) is 7.10. The Morgan fingerprint density at radius 2 is 1.83 bits per heavy atom. The van der Waals surface area contributed by atoms with E-state index in [4.69, 9.17) is 18.0 Å². The van der Waals surface area contributed by atoms with Crippen LogP contribution < -0.4 is 10.6 Å². The quantitative estimate of drug-likeness (QED) is 0.797. The molecule has 5 nitrogen and oxygen atoms in total. The van der Waals surface area contributed by atoms with Gasteiger partial charge in [-0.25, -0.2) is 0 Å².